The van der Waals surface area contributed by atoms with E-state index in [4.69, 9.17) is 21.9 Å². The zero-order chi connectivity index (χ0) is 21.2. The van der Waals surface area contributed by atoms with E-state index in [2.05, 4.69) is 25.9 Å². The fourth-order valence-corrected chi connectivity index (χ4v) is 2.31. The molecule has 0 amide bonds. The number of aliphatic imine (C=N–C) groups is 2. The average Bonchev–Trinajstić information content (AvgIpc) is 2.53. The molecule has 6 N–H and O–H groups in total. The molecular weight excluding hydrogens is 460 g/mol. The highest BCUT2D eigenvalue weighted by Crippen LogP contribution is 2.39. The van der Waals surface area contributed by atoms with Crippen molar-refractivity contribution in [3.8, 4) is 11.5 Å². The number of hydrogen-bond donors (Lipinski definition) is 3. The van der Waals surface area contributed by atoms with Crippen LogP contribution in [0.3, 0.4) is 0 Å². The summed E-state index contributed by atoms with van der Waals surface area (Å²) in [4.78, 5) is 6.98. The molecule has 0 saturated heterocycles. The van der Waals surface area contributed by atoms with Crippen LogP contribution in [0, 0.1) is 17.5 Å². The van der Waals surface area contributed by atoms with Gasteiger partial charge < -0.3 is 21.9 Å². The van der Waals surface area contributed by atoms with Gasteiger partial charge in [-0.1, -0.05) is 0 Å². The van der Waals surface area contributed by atoms with Gasteiger partial charge in [-0.25, -0.2) is 18.2 Å². The topological polar surface area (TPSA) is 112 Å². The second-order valence-corrected chi connectivity index (χ2v) is 5.96. The first-order valence-corrected chi connectivity index (χ1v) is 7.84. The van der Waals surface area contributed by atoms with E-state index in [0.717, 1.165) is 6.07 Å². The highest BCUT2D eigenvalue weighted by atomic mass is 79.9. The minimum absolute atomic E-state index is 0.0381. The van der Waals surface area contributed by atoms with Gasteiger partial charge in [0.25, 0.3) is 0 Å². The number of rotatable bonds is 3. The van der Waals surface area contributed by atoms with E-state index in [1.807, 2.05) is 0 Å². The molecule has 0 aliphatic rings. The highest BCUT2D eigenvalue weighted by molar-refractivity contribution is 9.10. The van der Waals surface area contributed by atoms with Crippen LogP contribution in [0.4, 0.5) is 32.0 Å². The second-order valence-electron chi connectivity index (χ2n) is 5.11. The zero-order valence-electron chi connectivity index (χ0n) is 13.5. The first kappa shape index (κ1) is 21.3. The van der Waals surface area contributed by atoms with Crippen LogP contribution in [-0.4, -0.2) is 11.9 Å². The van der Waals surface area contributed by atoms with Gasteiger partial charge in [0.05, 0.1) is 10.0 Å². The fourth-order valence-electron chi connectivity index (χ4n) is 1.89. The smallest absolute Gasteiger partial charge is 0.416 e. The normalized spacial score (nSPS) is 12.0. The summed E-state index contributed by atoms with van der Waals surface area (Å²) in [5.41, 5.74) is 13.7. The van der Waals surface area contributed by atoms with Crippen LogP contribution in [0.25, 0.3) is 0 Å². The Morgan fingerprint density at radius 1 is 0.929 bits per heavy atom. The molecule has 0 aromatic heterocycles. The minimum atomic E-state index is -4.96. The average molecular weight is 470 g/mol. The Morgan fingerprint density at radius 2 is 1.50 bits per heavy atom. The molecule has 0 aliphatic carbocycles. The van der Waals surface area contributed by atoms with E-state index in [-0.39, 0.29) is 22.3 Å². The number of hydrogen-bond acceptors (Lipinski definition) is 2. The van der Waals surface area contributed by atoms with Gasteiger partial charge in [0.2, 0.25) is 5.96 Å². The van der Waals surface area contributed by atoms with Crippen molar-refractivity contribution in [1.29, 1.82) is 0 Å². The van der Waals surface area contributed by atoms with Gasteiger partial charge in [0.15, 0.2) is 29.2 Å². The predicted molar refractivity (Wildman–Crippen MR) is 92.6 cm³/mol. The molecule has 2 aromatic rings. The summed E-state index contributed by atoms with van der Waals surface area (Å²) in [6.45, 7) is 0. The Kier molecular flexibility index (Phi) is 6.07. The number of nitrogens with zero attached hydrogens (tertiary/aromatic N) is 2. The van der Waals surface area contributed by atoms with Crippen molar-refractivity contribution in [2.24, 2.45) is 27.2 Å². The molecule has 0 saturated carbocycles. The van der Waals surface area contributed by atoms with Crippen molar-refractivity contribution in [3.63, 3.8) is 0 Å². The Balaban J connectivity index is 2.41. The lowest BCUT2D eigenvalue weighted by molar-refractivity contribution is -0.138. The van der Waals surface area contributed by atoms with Gasteiger partial charge in [-0.15, -0.1) is 0 Å². The van der Waals surface area contributed by atoms with Crippen LogP contribution >= 0.6 is 15.9 Å². The molecule has 0 heterocycles. The van der Waals surface area contributed by atoms with Gasteiger partial charge in [-0.3, -0.25) is 0 Å². The maximum Gasteiger partial charge on any atom is 0.416 e. The van der Waals surface area contributed by atoms with Crippen LogP contribution in [0.5, 0.6) is 11.5 Å². The molecule has 150 valence electrons. The van der Waals surface area contributed by atoms with E-state index in [1.165, 1.54) is 0 Å². The van der Waals surface area contributed by atoms with E-state index < -0.39 is 52.6 Å². The maximum absolute atomic E-state index is 14.1. The minimum Gasteiger partial charge on any atom is -0.450 e. The number of benzene rings is 2. The summed E-state index contributed by atoms with van der Waals surface area (Å²) >= 11 is 2.96. The third-order valence-corrected chi connectivity index (χ3v) is 3.64. The monoisotopic (exact) mass is 469 g/mol. The molecule has 0 radical (unpaired) electrons. The number of ether oxygens (including phenoxy) is 1. The Hall–Kier alpha value is -2.96. The van der Waals surface area contributed by atoms with Crippen LogP contribution in [0.15, 0.2) is 38.7 Å². The van der Waals surface area contributed by atoms with Crippen molar-refractivity contribution in [2.75, 3.05) is 0 Å². The molecule has 2 rings (SSSR count). The summed E-state index contributed by atoms with van der Waals surface area (Å²) in [6.07, 6.45) is -4.96. The maximum atomic E-state index is 14.1. The number of nitrogens with two attached hydrogens (primary N) is 3. The van der Waals surface area contributed by atoms with Crippen molar-refractivity contribution in [2.45, 2.75) is 6.18 Å². The fraction of sp³-hybridized carbons (Fsp3) is 0.0667. The second kappa shape index (κ2) is 7.96. The van der Waals surface area contributed by atoms with Crippen molar-refractivity contribution >= 4 is 33.5 Å². The Morgan fingerprint density at radius 3 is 2.00 bits per heavy atom. The first-order valence-electron chi connectivity index (χ1n) is 7.05. The standard InChI is InChI=1S/C15H10BrF6N5O/c16-6-3-10(26-14(25)27-13(23)24)7(17)4-11(6)28-12-8(18)1-5(2-9(12)19)15(20,21)22/h1-4H,(H6,23,24,25,26,27). The quantitative estimate of drug-likeness (QED) is 0.359. The van der Waals surface area contributed by atoms with Gasteiger partial charge in [-0.05, 0) is 34.1 Å². The van der Waals surface area contributed by atoms with Crippen molar-refractivity contribution < 1.29 is 31.1 Å². The van der Waals surface area contributed by atoms with Gasteiger partial charge in [0, 0.05) is 6.07 Å². The van der Waals surface area contributed by atoms with Crippen LogP contribution in [0.1, 0.15) is 5.56 Å². The molecule has 0 fully saturated rings. The lowest BCUT2D eigenvalue weighted by atomic mass is 10.2. The summed E-state index contributed by atoms with van der Waals surface area (Å²) in [6, 6.07) is 1.82. The number of alkyl halides is 3. The van der Waals surface area contributed by atoms with Gasteiger partial charge in [-0.2, -0.15) is 18.2 Å². The number of guanidine groups is 2. The van der Waals surface area contributed by atoms with Crippen LogP contribution in [-0.2, 0) is 6.18 Å². The molecule has 0 atom stereocenters. The van der Waals surface area contributed by atoms with E-state index >= 15 is 0 Å². The third kappa shape index (κ3) is 5.06. The molecule has 28 heavy (non-hydrogen) atoms. The molecule has 13 heteroatoms. The zero-order valence-corrected chi connectivity index (χ0v) is 15.1. The predicted octanol–water partition coefficient (Wildman–Crippen LogP) is 3.90. The molecular formula is C15H10BrF6N5O. The summed E-state index contributed by atoms with van der Waals surface area (Å²) in [7, 11) is 0. The highest BCUT2D eigenvalue weighted by Gasteiger charge is 2.33. The first-order chi connectivity index (χ1) is 12.9. The molecule has 0 spiro atoms. The summed E-state index contributed by atoms with van der Waals surface area (Å²) in [5, 5.41) is 0. The van der Waals surface area contributed by atoms with E-state index in [1.54, 1.807) is 0 Å². The van der Waals surface area contributed by atoms with E-state index in [9.17, 15) is 26.3 Å². The Bertz CT molecular complexity index is 949. The van der Waals surface area contributed by atoms with Gasteiger partial charge in [0.1, 0.15) is 11.4 Å². The summed E-state index contributed by atoms with van der Waals surface area (Å²) < 4.78 is 84.5. The van der Waals surface area contributed by atoms with Crippen molar-refractivity contribution in [3.05, 3.63) is 51.8 Å². The largest absolute Gasteiger partial charge is 0.450 e. The lowest BCUT2D eigenvalue weighted by Gasteiger charge is -2.13. The van der Waals surface area contributed by atoms with Crippen LogP contribution in [0.2, 0.25) is 0 Å². The van der Waals surface area contributed by atoms with Crippen LogP contribution < -0.4 is 21.9 Å². The molecule has 0 unspecified atom stereocenters. The molecule has 0 aliphatic heterocycles. The number of halogens is 7. The van der Waals surface area contributed by atoms with Crippen molar-refractivity contribution in [1.82, 2.24) is 0 Å². The van der Waals surface area contributed by atoms with E-state index in [0.29, 0.717) is 6.07 Å². The molecule has 0 bridgehead atoms. The molecule has 6 nitrogen and oxygen atoms in total. The Labute approximate surface area is 161 Å². The summed E-state index contributed by atoms with van der Waals surface area (Å²) in [5.74, 6) is -6.77. The molecule has 2 aromatic carbocycles. The third-order valence-electron chi connectivity index (χ3n) is 3.02. The van der Waals surface area contributed by atoms with Gasteiger partial charge >= 0.3 is 6.18 Å². The lowest BCUT2D eigenvalue weighted by Crippen LogP contribution is -2.26. The SMILES string of the molecule is NC(N)=NC(N)=Nc1cc(Br)c(Oc2c(F)cc(C(F)(F)F)cc2F)cc1F.